The molecule has 0 spiro atoms. The summed E-state index contributed by atoms with van der Waals surface area (Å²) in [6.07, 6.45) is 3.09. The van der Waals surface area contributed by atoms with Crippen LogP contribution in [0.1, 0.15) is 50.1 Å². The smallest absolute Gasteiger partial charge is 0.00131 e. The van der Waals surface area contributed by atoms with E-state index in [2.05, 4.69) is 130 Å². The van der Waals surface area contributed by atoms with E-state index in [9.17, 15) is 0 Å². The van der Waals surface area contributed by atoms with Crippen LogP contribution in [0.3, 0.4) is 0 Å². The zero-order valence-electron chi connectivity index (χ0n) is 25.0. The minimum Gasteiger partial charge on any atom is -0.0587 e. The molecule has 3 aliphatic carbocycles. The number of rotatable bonds is 3. The predicted octanol–water partition coefficient (Wildman–Crippen LogP) is 9.08. The lowest BCUT2D eigenvalue weighted by molar-refractivity contribution is 1.25. The topological polar surface area (TPSA) is 0 Å². The van der Waals surface area contributed by atoms with Gasteiger partial charge in [-0.3, -0.25) is 0 Å². The summed E-state index contributed by atoms with van der Waals surface area (Å²) in [6.45, 7) is 6.61. The molecule has 0 heterocycles. The number of fused-ring (bicyclic) bond motifs is 9. The summed E-state index contributed by atoms with van der Waals surface area (Å²) in [6, 6.07) is 42.9. The Morgan fingerprint density at radius 1 is 0.326 bits per heavy atom. The van der Waals surface area contributed by atoms with E-state index < -0.39 is 7.92 Å². The number of hydrogen-bond donors (Lipinski definition) is 0. The molecule has 206 valence electrons. The second kappa shape index (κ2) is 9.37. The highest BCUT2D eigenvalue weighted by Crippen LogP contribution is 2.44. The molecule has 1 heteroatoms. The van der Waals surface area contributed by atoms with Gasteiger partial charge in [0.05, 0.1) is 0 Å². The third-order valence-corrected chi connectivity index (χ3v) is 12.2. The van der Waals surface area contributed by atoms with Crippen molar-refractivity contribution in [2.45, 2.75) is 40.0 Å². The molecule has 9 rings (SSSR count). The van der Waals surface area contributed by atoms with E-state index in [1.807, 2.05) is 0 Å². The Bertz CT molecular complexity index is 1900. The van der Waals surface area contributed by atoms with Crippen molar-refractivity contribution in [3.63, 3.8) is 0 Å². The van der Waals surface area contributed by atoms with Crippen LogP contribution in [-0.4, -0.2) is 0 Å². The van der Waals surface area contributed by atoms with Crippen LogP contribution in [0.4, 0.5) is 0 Å². The predicted molar refractivity (Wildman–Crippen MR) is 184 cm³/mol. The quantitative estimate of drug-likeness (QED) is 0.187. The van der Waals surface area contributed by atoms with Gasteiger partial charge in [0.15, 0.2) is 0 Å². The lowest BCUT2D eigenvalue weighted by Gasteiger charge is -2.22. The SMILES string of the molecule is Cc1ccc2c(c1)Cc1cc(P(c3ccc4c(c3)Cc3cc(C)ccc3-4)c3ccc4c(c3)Cc3cc(C)ccc3-4)ccc1-2. The fourth-order valence-electron chi connectivity index (χ4n) is 7.84. The molecule has 0 aliphatic heterocycles. The first-order valence-corrected chi connectivity index (χ1v) is 16.8. The van der Waals surface area contributed by atoms with Crippen LogP contribution < -0.4 is 15.9 Å². The molecule has 6 aromatic carbocycles. The van der Waals surface area contributed by atoms with Crippen molar-refractivity contribution in [2.75, 3.05) is 0 Å². The molecular weight excluding hydrogens is 535 g/mol. The van der Waals surface area contributed by atoms with Gasteiger partial charge in [-0.25, -0.2) is 0 Å². The number of benzene rings is 6. The van der Waals surface area contributed by atoms with Crippen LogP contribution >= 0.6 is 7.92 Å². The molecule has 0 aromatic heterocycles. The van der Waals surface area contributed by atoms with Crippen molar-refractivity contribution in [2.24, 2.45) is 0 Å². The first-order chi connectivity index (χ1) is 21.0. The molecule has 0 N–H and O–H groups in total. The monoisotopic (exact) mass is 568 g/mol. The standard InChI is InChI=1S/C42H33P/c1-25-4-10-37-28(16-25)19-31-22-34(7-13-40(31)37)43(35-8-14-41-32(23-35)20-29-17-26(2)5-11-38(29)41)36-9-15-42-33(24-36)21-30-18-27(3)6-12-39(30)42/h4-18,22-24H,19-21H2,1-3H3. The molecule has 0 fully saturated rings. The lowest BCUT2D eigenvalue weighted by atomic mass is 10.0. The summed E-state index contributed by atoms with van der Waals surface area (Å²) >= 11 is 0. The van der Waals surface area contributed by atoms with E-state index >= 15 is 0 Å². The normalized spacial score (nSPS) is 13.4. The average molecular weight is 569 g/mol. The van der Waals surface area contributed by atoms with Crippen molar-refractivity contribution in [3.8, 4) is 33.4 Å². The molecule has 6 aromatic rings. The molecule has 0 nitrogen and oxygen atoms in total. The Morgan fingerprint density at radius 3 is 0.884 bits per heavy atom. The van der Waals surface area contributed by atoms with Crippen molar-refractivity contribution in [1.29, 1.82) is 0 Å². The zero-order chi connectivity index (χ0) is 28.8. The van der Waals surface area contributed by atoms with E-state index in [4.69, 9.17) is 0 Å². The molecule has 0 saturated carbocycles. The van der Waals surface area contributed by atoms with Gasteiger partial charge in [0.2, 0.25) is 0 Å². The van der Waals surface area contributed by atoms with Crippen molar-refractivity contribution in [1.82, 2.24) is 0 Å². The van der Waals surface area contributed by atoms with Crippen molar-refractivity contribution < 1.29 is 0 Å². The second-order valence-electron chi connectivity index (χ2n) is 12.9. The van der Waals surface area contributed by atoms with E-state index in [0.29, 0.717) is 0 Å². The van der Waals surface area contributed by atoms with E-state index in [1.165, 1.54) is 99.4 Å². The fraction of sp³-hybridized carbons (Fsp3) is 0.143. The van der Waals surface area contributed by atoms with Gasteiger partial charge in [0.25, 0.3) is 0 Å². The molecule has 0 saturated heterocycles. The Balaban J connectivity index is 1.17. The van der Waals surface area contributed by atoms with Gasteiger partial charge in [-0.1, -0.05) is 108 Å². The summed E-state index contributed by atoms with van der Waals surface area (Å²) in [5, 5.41) is 4.36. The molecule has 0 radical (unpaired) electrons. The van der Waals surface area contributed by atoms with E-state index in [1.54, 1.807) is 0 Å². The van der Waals surface area contributed by atoms with Gasteiger partial charge in [0.1, 0.15) is 0 Å². The lowest BCUT2D eigenvalue weighted by Crippen LogP contribution is -2.22. The molecule has 0 atom stereocenters. The highest BCUT2D eigenvalue weighted by molar-refractivity contribution is 7.79. The minimum absolute atomic E-state index is 0.712. The highest BCUT2D eigenvalue weighted by Gasteiger charge is 2.27. The van der Waals surface area contributed by atoms with Crippen LogP contribution in [0, 0.1) is 20.8 Å². The Morgan fingerprint density at radius 2 is 0.581 bits per heavy atom. The highest BCUT2D eigenvalue weighted by atomic mass is 31.1. The minimum atomic E-state index is -0.712. The second-order valence-corrected chi connectivity index (χ2v) is 15.1. The molecule has 0 amide bonds. The summed E-state index contributed by atoms with van der Waals surface area (Å²) < 4.78 is 0. The first kappa shape index (κ1) is 25.3. The maximum absolute atomic E-state index is 2.53. The molecule has 43 heavy (non-hydrogen) atoms. The van der Waals surface area contributed by atoms with Gasteiger partial charge >= 0.3 is 0 Å². The summed E-state index contributed by atoms with van der Waals surface area (Å²) in [4.78, 5) is 0. The van der Waals surface area contributed by atoms with Crippen LogP contribution in [0.5, 0.6) is 0 Å². The van der Waals surface area contributed by atoms with Crippen LogP contribution in [-0.2, 0) is 19.3 Å². The van der Waals surface area contributed by atoms with Crippen LogP contribution in [0.15, 0.2) is 109 Å². The molecular formula is C42H33P. The van der Waals surface area contributed by atoms with Crippen molar-refractivity contribution in [3.05, 3.63) is 159 Å². The van der Waals surface area contributed by atoms with Gasteiger partial charge in [-0.05, 0) is 149 Å². The maximum atomic E-state index is 2.53. The van der Waals surface area contributed by atoms with E-state index in [0.717, 1.165) is 19.3 Å². The third kappa shape index (κ3) is 4.01. The van der Waals surface area contributed by atoms with Gasteiger partial charge < -0.3 is 0 Å². The van der Waals surface area contributed by atoms with E-state index in [-0.39, 0.29) is 0 Å². The first-order valence-electron chi connectivity index (χ1n) is 15.5. The van der Waals surface area contributed by atoms with Gasteiger partial charge in [-0.15, -0.1) is 0 Å². The van der Waals surface area contributed by atoms with Crippen LogP contribution in [0.25, 0.3) is 33.4 Å². The zero-order valence-corrected chi connectivity index (χ0v) is 25.9. The van der Waals surface area contributed by atoms with Crippen molar-refractivity contribution >= 4 is 23.8 Å². The Labute approximate surface area is 255 Å². The molecule has 0 unspecified atom stereocenters. The van der Waals surface area contributed by atoms with Gasteiger partial charge in [0, 0.05) is 0 Å². The Kier molecular flexibility index (Phi) is 5.51. The molecule has 0 bridgehead atoms. The van der Waals surface area contributed by atoms with Gasteiger partial charge in [-0.2, -0.15) is 0 Å². The maximum Gasteiger partial charge on any atom is -0.00131 e. The Hall–Kier alpha value is -4.25. The van der Waals surface area contributed by atoms with Crippen LogP contribution in [0.2, 0.25) is 0 Å². The molecule has 3 aliphatic rings. The number of aryl methyl sites for hydroxylation is 3. The third-order valence-electron chi connectivity index (χ3n) is 9.84. The largest absolute Gasteiger partial charge is 0.0587 e. The summed E-state index contributed by atoms with van der Waals surface area (Å²) in [7, 11) is -0.712. The summed E-state index contributed by atoms with van der Waals surface area (Å²) in [5.41, 5.74) is 21.3. The summed E-state index contributed by atoms with van der Waals surface area (Å²) in [5.74, 6) is 0. The number of hydrogen-bond acceptors (Lipinski definition) is 0. The average Bonchev–Trinajstić information content (AvgIpc) is 3.65. The fourth-order valence-corrected chi connectivity index (χ4v) is 10.3.